The average molecular weight is 342 g/mol. The molecule has 2 rings (SSSR count). The summed E-state index contributed by atoms with van der Waals surface area (Å²) in [7, 11) is 0. The molecule has 9 heteroatoms. The Bertz CT molecular complexity index is 777. The van der Waals surface area contributed by atoms with Gasteiger partial charge in [0, 0.05) is 11.6 Å². The van der Waals surface area contributed by atoms with Crippen LogP contribution < -0.4 is 4.90 Å². The number of carbonyl (C=O) groups is 2. The number of fused-ring (bicyclic) bond motifs is 1. The molecule has 128 valence electrons. The van der Waals surface area contributed by atoms with Crippen molar-refractivity contribution in [3.05, 3.63) is 36.0 Å². The van der Waals surface area contributed by atoms with Gasteiger partial charge in [-0.25, -0.2) is 4.79 Å². The van der Waals surface area contributed by atoms with Gasteiger partial charge in [-0.2, -0.15) is 13.2 Å². The third-order valence-corrected chi connectivity index (χ3v) is 3.12. The second-order valence-electron chi connectivity index (χ2n) is 4.74. The van der Waals surface area contributed by atoms with E-state index in [1.54, 1.807) is 0 Å². The Morgan fingerprint density at radius 1 is 1.29 bits per heavy atom. The zero-order valence-corrected chi connectivity index (χ0v) is 12.5. The normalized spacial score (nSPS) is 11.3. The molecule has 1 amide bonds. The average Bonchev–Trinajstić information content (AvgIpc) is 2.50. The van der Waals surface area contributed by atoms with Gasteiger partial charge in [0.1, 0.15) is 6.54 Å². The van der Waals surface area contributed by atoms with E-state index in [0.717, 1.165) is 23.1 Å². The summed E-state index contributed by atoms with van der Waals surface area (Å²) >= 11 is 0. The quantitative estimate of drug-likeness (QED) is 0.922. The van der Waals surface area contributed by atoms with Crippen molar-refractivity contribution in [1.29, 1.82) is 0 Å². The minimum Gasteiger partial charge on any atom is -0.480 e. The maximum atomic E-state index is 12.9. The molecule has 0 unspecified atom stereocenters. The van der Waals surface area contributed by atoms with Crippen molar-refractivity contribution in [3.8, 4) is 0 Å². The molecule has 0 aliphatic carbocycles. The van der Waals surface area contributed by atoms with E-state index >= 15 is 0 Å². The maximum Gasteiger partial charge on any atom is 0.416 e. The fourth-order valence-electron chi connectivity index (χ4n) is 2.13. The number of pyridine rings is 1. The van der Waals surface area contributed by atoms with Gasteiger partial charge in [0.25, 0.3) is 0 Å². The first kappa shape index (κ1) is 17.5. The van der Waals surface area contributed by atoms with Crippen LogP contribution in [0.4, 0.5) is 23.7 Å². The third kappa shape index (κ3) is 3.73. The van der Waals surface area contributed by atoms with E-state index in [1.165, 1.54) is 19.2 Å². The van der Waals surface area contributed by atoms with Crippen LogP contribution in [0.25, 0.3) is 10.9 Å². The Kier molecular flexibility index (Phi) is 4.91. The third-order valence-electron chi connectivity index (χ3n) is 3.12. The second kappa shape index (κ2) is 6.73. The summed E-state index contributed by atoms with van der Waals surface area (Å²) in [5.74, 6) is -1.33. The van der Waals surface area contributed by atoms with Gasteiger partial charge in [-0.15, -0.1) is 0 Å². The van der Waals surface area contributed by atoms with Crippen LogP contribution in [-0.2, 0) is 15.7 Å². The number of alkyl halides is 3. The molecule has 0 spiro atoms. The summed E-state index contributed by atoms with van der Waals surface area (Å²) in [6, 6.07) is 4.12. The largest absolute Gasteiger partial charge is 0.480 e. The summed E-state index contributed by atoms with van der Waals surface area (Å²) in [4.78, 5) is 27.7. The van der Waals surface area contributed by atoms with Crippen LogP contribution in [0.1, 0.15) is 12.5 Å². The Hall–Kier alpha value is -2.84. The van der Waals surface area contributed by atoms with Crippen LogP contribution in [0, 0.1) is 0 Å². The van der Waals surface area contributed by atoms with Gasteiger partial charge in [0.05, 0.1) is 23.4 Å². The van der Waals surface area contributed by atoms with Gasteiger partial charge >= 0.3 is 18.2 Å². The number of ether oxygens (including phenoxy) is 1. The zero-order valence-electron chi connectivity index (χ0n) is 12.5. The number of nitrogens with zero attached hydrogens (tertiary/aromatic N) is 2. The van der Waals surface area contributed by atoms with E-state index in [2.05, 4.69) is 4.98 Å². The highest BCUT2D eigenvalue weighted by atomic mass is 19.4. The molecule has 0 fully saturated rings. The standard InChI is InChI=1S/C15H13F3N2O4/c1-2-24-14(23)20(8-13(21)22)12-5-6-19-11-4-3-9(7-10(11)12)15(16,17)18/h3-7H,2,8H2,1H3,(H,21,22). The lowest BCUT2D eigenvalue weighted by Gasteiger charge is -2.21. The van der Waals surface area contributed by atoms with E-state index in [4.69, 9.17) is 9.84 Å². The number of aromatic nitrogens is 1. The molecule has 6 nitrogen and oxygen atoms in total. The predicted molar refractivity (Wildman–Crippen MR) is 78.7 cm³/mol. The molecule has 0 aliphatic rings. The first-order valence-electron chi connectivity index (χ1n) is 6.86. The highest BCUT2D eigenvalue weighted by Crippen LogP contribution is 2.34. The Morgan fingerprint density at radius 2 is 2.00 bits per heavy atom. The lowest BCUT2D eigenvalue weighted by atomic mass is 10.1. The molecule has 0 saturated heterocycles. The molecule has 1 aromatic heterocycles. The summed E-state index contributed by atoms with van der Waals surface area (Å²) in [5.41, 5.74) is -0.754. The fraction of sp³-hybridized carbons (Fsp3) is 0.267. The zero-order chi connectivity index (χ0) is 17.9. The van der Waals surface area contributed by atoms with E-state index in [1.807, 2.05) is 0 Å². The Morgan fingerprint density at radius 3 is 2.58 bits per heavy atom. The summed E-state index contributed by atoms with van der Waals surface area (Å²) in [6.07, 6.45) is -4.27. The summed E-state index contributed by atoms with van der Waals surface area (Å²) < 4.78 is 43.5. The van der Waals surface area contributed by atoms with Gasteiger partial charge in [0.2, 0.25) is 0 Å². The van der Waals surface area contributed by atoms with Crippen LogP contribution in [0.5, 0.6) is 0 Å². The van der Waals surface area contributed by atoms with Gasteiger partial charge in [-0.05, 0) is 31.2 Å². The molecule has 0 saturated carbocycles. The number of aliphatic carboxylic acids is 1. The predicted octanol–water partition coefficient (Wildman–Crippen LogP) is 3.30. The lowest BCUT2D eigenvalue weighted by Crippen LogP contribution is -2.36. The molecule has 0 atom stereocenters. The molecular formula is C15H13F3N2O4. The molecule has 1 N–H and O–H groups in total. The number of rotatable bonds is 4. The molecular weight excluding hydrogens is 329 g/mol. The van der Waals surface area contributed by atoms with Crippen LogP contribution in [0.2, 0.25) is 0 Å². The SMILES string of the molecule is CCOC(=O)N(CC(=O)O)c1ccnc2ccc(C(F)(F)F)cc12. The smallest absolute Gasteiger partial charge is 0.416 e. The molecule has 2 aromatic rings. The van der Waals surface area contributed by atoms with Gasteiger partial charge < -0.3 is 9.84 Å². The Labute approximate surface area is 134 Å². The van der Waals surface area contributed by atoms with Crippen LogP contribution in [0.3, 0.4) is 0 Å². The van der Waals surface area contributed by atoms with E-state index in [9.17, 15) is 22.8 Å². The summed E-state index contributed by atoms with van der Waals surface area (Å²) in [5, 5.41) is 8.97. The van der Waals surface area contributed by atoms with E-state index in [-0.39, 0.29) is 23.2 Å². The van der Waals surface area contributed by atoms with Crippen molar-refractivity contribution in [2.75, 3.05) is 18.1 Å². The highest BCUT2D eigenvalue weighted by molar-refractivity contribution is 6.02. The topological polar surface area (TPSA) is 79.7 Å². The molecule has 0 radical (unpaired) electrons. The Balaban J connectivity index is 2.62. The first-order valence-corrected chi connectivity index (χ1v) is 6.86. The van der Waals surface area contributed by atoms with Crippen molar-refractivity contribution in [1.82, 2.24) is 4.98 Å². The van der Waals surface area contributed by atoms with Crippen molar-refractivity contribution in [2.24, 2.45) is 0 Å². The molecule has 1 heterocycles. The lowest BCUT2D eigenvalue weighted by molar-refractivity contribution is -0.137. The second-order valence-corrected chi connectivity index (χ2v) is 4.74. The number of carbonyl (C=O) groups excluding carboxylic acids is 1. The number of carboxylic acid groups (broad SMARTS) is 1. The van der Waals surface area contributed by atoms with Crippen molar-refractivity contribution >= 4 is 28.7 Å². The highest BCUT2D eigenvalue weighted by Gasteiger charge is 2.31. The van der Waals surface area contributed by atoms with Crippen LogP contribution >= 0.6 is 0 Å². The minimum absolute atomic E-state index is 0.00151. The van der Waals surface area contributed by atoms with Crippen LogP contribution in [0.15, 0.2) is 30.5 Å². The maximum absolute atomic E-state index is 12.9. The molecule has 1 aromatic carbocycles. The number of carboxylic acids is 1. The number of hydrogen-bond acceptors (Lipinski definition) is 4. The number of benzene rings is 1. The summed E-state index contributed by atoms with van der Waals surface area (Å²) in [6.45, 7) is 0.767. The number of hydrogen-bond donors (Lipinski definition) is 1. The van der Waals surface area contributed by atoms with E-state index in [0.29, 0.717) is 0 Å². The number of amides is 1. The van der Waals surface area contributed by atoms with Gasteiger partial charge in [-0.3, -0.25) is 14.7 Å². The van der Waals surface area contributed by atoms with E-state index < -0.39 is 30.3 Å². The fourth-order valence-corrected chi connectivity index (χ4v) is 2.13. The van der Waals surface area contributed by atoms with Crippen LogP contribution in [-0.4, -0.2) is 35.3 Å². The minimum atomic E-state index is -4.58. The van der Waals surface area contributed by atoms with Gasteiger partial charge in [-0.1, -0.05) is 0 Å². The van der Waals surface area contributed by atoms with Gasteiger partial charge in [0.15, 0.2) is 0 Å². The molecule has 0 bridgehead atoms. The number of anilines is 1. The van der Waals surface area contributed by atoms with Crippen molar-refractivity contribution in [2.45, 2.75) is 13.1 Å². The van der Waals surface area contributed by atoms with Crippen molar-refractivity contribution < 1.29 is 32.6 Å². The molecule has 24 heavy (non-hydrogen) atoms. The van der Waals surface area contributed by atoms with Crippen molar-refractivity contribution in [3.63, 3.8) is 0 Å². The monoisotopic (exact) mass is 342 g/mol. The molecule has 0 aliphatic heterocycles. The number of halogens is 3. The first-order chi connectivity index (χ1) is 11.2.